The molecule has 0 radical (unpaired) electrons. The average molecular weight is 406 g/mol. The molecule has 1 saturated heterocycles. The third kappa shape index (κ3) is 3.81. The lowest BCUT2D eigenvalue weighted by atomic mass is 10.1. The molecule has 0 N–H and O–H groups in total. The second-order valence-electron chi connectivity index (χ2n) is 7.26. The minimum absolute atomic E-state index is 0.0706. The molecule has 0 saturated carbocycles. The van der Waals surface area contributed by atoms with Crippen molar-refractivity contribution in [3.05, 3.63) is 53.1 Å². The quantitative estimate of drug-likeness (QED) is 0.774. The molecule has 4 rings (SSSR count). The van der Waals surface area contributed by atoms with Crippen molar-refractivity contribution in [2.24, 2.45) is 0 Å². The minimum Gasteiger partial charge on any atom is -0.336 e. The molecule has 1 aromatic heterocycles. The normalized spacial score (nSPS) is 18.1. The Morgan fingerprint density at radius 2 is 1.75 bits per heavy atom. The molecule has 2 aliphatic rings. The highest BCUT2D eigenvalue weighted by Gasteiger charge is 2.31. The van der Waals surface area contributed by atoms with Gasteiger partial charge in [0.15, 0.2) is 0 Å². The fourth-order valence-corrected chi connectivity index (χ4v) is 5.34. The Kier molecular flexibility index (Phi) is 5.20. The molecule has 3 heterocycles. The molecule has 1 fully saturated rings. The van der Waals surface area contributed by atoms with E-state index in [0.717, 1.165) is 31.5 Å². The number of aromatic nitrogens is 2. The Bertz CT molecular complexity index is 964. The summed E-state index contributed by atoms with van der Waals surface area (Å²) in [7, 11) is -3.51. The molecular formula is C19H23FN4O3S. The highest BCUT2D eigenvalue weighted by molar-refractivity contribution is 7.88. The number of benzene rings is 1. The van der Waals surface area contributed by atoms with Crippen LogP contribution in [0.2, 0.25) is 0 Å². The Hall–Kier alpha value is -2.26. The van der Waals surface area contributed by atoms with Gasteiger partial charge in [0, 0.05) is 32.7 Å². The van der Waals surface area contributed by atoms with Crippen LogP contribution in [0.5, 0.6) is 0 Å². The third-order valence-electron chi connectivity index (χ3n) is 5.39. The van der Waals surface area contributed by atoms with Crippen molar-refractivity contribution in [2.45, 2.75) is 31.6 Å². The van der Waals surface area contributed by atoms with E-state index < -0.39 is 15.8 Å². The third-order valence-corrected chi connectivity index (χ3v) is 7.24. The van der Waals surface area contributed by atoms with E-state index in [-0.39, 0.29) is 24.7 Å². The number of sulfonamides is 1. The second-order valence-corrected chi connectivity index (χ2v) is 9.23. The minimum atomic E-state index is -3.51. The molecule has 9 heteroatoms. The number of carbonyl (C=O) groups excluding carboxylic acids is 1. The zero-order chi connectivity index (χ0) is 19.7. The number of carbonyl (C=O) groups is 1. The fourth-order valence-electron chi connectivity index (χ4n) is 3.82. The highest BCUT2D eigenvalue weighted by Crippen LogP contribution is 2.21. The Morgan fingerprint density at radius 3 is 2.46 bits per heavy atom. The number of piperazine rings is 1. The van der Waals surface area contributed by atoms with E-state index in [2.05, 4.69) is 5.10 Å². The maximum absolute atomic E-state index is 13.0. The van der Waals surface area contributed by atoms with Gasteiger partial charge in [-0.3, -0.25) is 9.48 Å². The van der Waals surface area contributed by atoms with Crippen LogP contribution in [0.1, 0.15) is 34.5 Å². The van der Waals surface area contributed by atoms with E-state index in [1.54, 1.807) is 11.1 Å². The first-order valence-electron chi connectivity index (χ1n) is 9.50. The Labute approximate surface area is 163 Å². The largest absolute Gasteiger partial charge is 0.336 e. The lowest BCUT2D eigenvalue weighted by Crippen LogP contribution is -2.50. The summed E-state index contributed by atoms with van der Waals surface area (Å²) in [5.74, 6) is -0.632. The highest BCUT2D eigenvalue weighted by atomic mass is 32.2. The van der Waals surface area contributed by atoms with Gasteiger partial charge in [-0.15, -0.1) is 0 Å². The van der Waals surface area contributed by atoms with E-state index in [1.807, 2.05) is 4.68 Å². The van der Waals surface area contributed by atoms with E-state index in [4.69, 9.17) is 0 Å². The number of hydrogen-bond acceptors (Lipinski definition) is 4. The zero-order valence-corrected chi connectivity index (χ0v) is 16.4. The molecule has 0 unspecified atom stereocenters. The van der Waals surface area contributed by atoms with Gasteiger partial charge in [0.05, 0.1) is 23.2 Å². The van der Waals surface area contributed by atoms with E-state index >= 15 is 0 Å². The van der Waals surface area contributed by atoms with Gasteiger partial charge in [-0.2, -0.15) is 9.40 Å². The van der Waals surface area contributed by atoms with E-state index in [9.17, 15) is 17.6 Å². The summed E-state index contributed by atoms with van der Waals surface area (Å²) in [6, 6.07) is 5.48. The molecule has 2 aromatic rings. The van der Waals surface area contributed by atoms with Crippen molar-refractivity contribution < 1.29 is 17.6 Å². The standard InChI is InChI=1S/C19H23FN4O3S/c20-16-6-4-15(5-7-16)14-28(26,27)23-11-9-22(10-12-23)19(25)17-13-21-24-8-2-1-3-18(17)24/h4-7,13H,1-3,8-12,14H2. The van der Waals surface area contributed by atoms with Gasteiger partial charge in [0.1, 0.15) is 5.82 Å². The predicted molar refractivity (Wildman–Crippen MR) is 102 cm³/mol. The topological polar surface area (TPSA) is 75.5 Å². The molecule has 150 valence electrons. The first kappa shape index (κ1) is 19.1. The molecule has 0 atom stereocenters. The van der Waals surface area contributed by atoms with Crippen molar-refractivity contribution >= 4 is 15.9 Å². The number of nitrogens with zero attached hydrogens (tertiary/aromatic N) is 4. The Balaban J connectivity index is 1.39. The lowest BCUT2D eigenvalue weighted by Gasteiger charge is -2.34. The van der Waals surface area contributed by atoms with Crippen molar-refractivity contribution in [2.75, 3.05) is 26.2 Å². The maximum Gasteiger partial charge on any atom is 0.257 e. The first-order valence-corrected chi connectivity index (χ1v) is 11.1. The summed E-state index contributed by atoms with van der Waals surface area (Å²) < 4.78 is 41.6. The maximum atomic E-state index is 13.0. The molecule has 0 bridgehead atoms. The number of hydrogen-bond donors (Lipinski definition) is 0. The van der Waals surface area contributed by atoms with Crippen molar-refractivity contribution in [3.63, 3.8) is 0 Å². The molecule has 2 aliphatic heterocycles. The summed E-state index contributed by atoms with van der Waals surface area (Å²) in [5.41, 5.74) is 2.18. The second kappa shape index (κ2) is 7.63. The molecule has 1 amide bonds. The van der Waals surface area contributed by atoms with Gasteiger partial charge < -0.3 is 4.90 Å². The average Bonchev–Trinajstić information content (AvgIpc) is 3.13. The van der Waals surface area contributed by atoms with Crippen LogP contribution in [-0.2, 0) is 28.7 Å². The van der Waals surface area contributed by atoms with Crippen LogP contribution in [0.4, 0.5) is 4.39 Å². The van der Waals surface area contributed by atoms with Crippen LogP contribution in [0, 0.1) is 5.82 Å². The number of aryl methyl sites for hydroxylation is 1. The van der Waals surface area contributed by atoms with Crippen LogP contribution in [-0.4, -0.2) is 59.5 Å². The number of fused-ring (bicyclic) bond motifs is 1. The van der Waals surface area contributed by atoms with E-state index in [0.29, 0.717) is 24.2 Å². The number of amides is 1. The smallest absolute Gasteiger partial charge is 0.257 e. The molecule has 1 aromatic carbocycles. The van der Waals surface area contributed by atoms with Gasteiger partial charge in [-0.25, -0.2) is 12.8 Å². The van der Waals surface area contributed by atoms with Crippen LogP contribution in [0.15, 0.2) is 30.5 Å². The van der Waals surface area contributed by atoms with Crippen LogP contribution >= 0.6 is 0 Å². The molecule has 28 heavy (non-hydrogen) atoms. The molecule has 0 aliphatic carbocycles. The van der Waals surface area contributed by atoms with Gasteiger partial charge in [-0.05, 0) is 37.0 Å². The van der Waals surface area contributed by atoms with Crippen molar-refractivity contribution in [3.8, 4) is 0 Å². The molecule has 7 nitrogen and oxygen atoms in total. The summed E-state index contributed by atoms with van der Waals surface area (Å²) in [4.78, 5) is 14.6. The molecular weight excluding hydrogens is 383 g/mol. The first-order chi connectivity index (χ1) is 13.4. The van der Waals surface area contributed by atoms with Gasteiger partial charge >= 0.3 is 0 Å². The molecule has 0 spiro atoms. The zero-order valence-electron chi connectivity index (χ0n) is 15.6. The summed E-state index contributed by atoms with van der Waals surface area (Å²) in [6.45, 7) is 2.08. The monoisotopic (exact) mass is 406 g/mol. The Morgan fingerprint density at radius 1 is 1.04 bits per heavy atom. The van der Waals surface area contributed by atoms with Crippen LogP contribution < -0.4 is 0 Å². The van der Waals surface area contributed by atoms with Gasteiger partial charge in [-0.1, -0.05) is 12.1 Å². The van der Waals surface area contributed by atoms with Gasteiger partial charge in [0.2, 0.25) is 10.0 Å². The van der Waals surface area contributed by atoms with Crippen molar-refractivity contribution in [1.29, 1.82) is 0 Å². The summed E-state index contributed by atoms with van der Waals surface area (Å²) >= 11 is 0. The van der Waals surface area contributed by atoms with Crippen LogP contribution in [0.25, 0.3) is 0 Å². The van der Waals surface area contributed by atoms with Crippen LogP contribution in [0.3, 0.4) is 0 Å². The lowest BCUT2D eigenvalue weighted by molar-refractivity contribution is 0.0696. The fraction of sp³-hybridized carbons (Fsp3) is 0.474. The summed E-state index contributed by atoms with van der Waals surface area (Å²) in [5, 5.41) is 4.32. The van der Waals surface area contributed by atoms with Crippen molar-refractivity contribution in [1.82, 2.24) is 19.0 Å². The summed E-state index contributed by atoms with van der Waals surface area (Å²) in [6.07, 6.45) is 4.63. The number of rotatable bonds is 4. The van der Waals surface area contributed by atoms with Gasteiger partial charge in [0.25, 0.3) is 5.91 Å². The SMILES string of the molecule is O=C(c1cnn2c1CCCC2)N1CCN(S(=O)(=O)Cc2ccc(F)cc2)CC1. The number of halogens is 1. The van der Waals surface area contributed by atoms with E-state index in [1.165, 1.54) is 28.6 Å². The predicted octanol–water partition coefficient (Wildman–Crippen LogP) is 1.65.